The lowest BCUT2D eigenvalue weighted by Gasteiger charge is -2.07. The molecule has 0 amide bonds. The van der Waals surface area contributed by atoms with Gasteiger partial charge < -0.3 is 14.8 Å². The molecular weight excluding hydrogens is 300 g/mol. The van der Waals surface area contributed by atoms with Crippen LogP contribution in [0.15, 0.2) is 33.3 Å². The lowest BCUT2D eigenvalue weighted by Crippen LogP contribution is -2.01. The number of oxazole rings is 1. The van der Waals surface area contributed by atoms with E-state index < -0.39 is 5.97 Å². The maximum Gasteiger partial charge on any atom is 0.373 e. The van der Waals surface area contributed by atoms with Crippen molar-refractivity contribution in [1.82, 2.24) is 4.98 Å². The van der Waals surface area contributed by atoms with Gasteiger partial charge in [-0.25, -0.2) is 9.78 Å². The van der Waals surface area contributed by atoms with Gasteiger partial charge in [0.05, 0.1) is 12.7 Å². The molecule has 2 aromatic rings. The van der Waals surface area contributed by atoms with E-state index in [1.165, 1.54) is 6.20 Å². The number of halogens is 1. The third-order valence-corrected chi connectivity index (χ3v) is 2.88. The molecule has 0 fully saturated rings. The van der Waals surface area contributed by atoms with E-state index in [-0.39, 0.29) is 5.76 Å². The van der Waals surface area contributed by atoms with Crippen molar-refractivity contribution in [1.29, 1.82) is 0 Å². The van der Waals surface area contributed by atoms with Gasteiger partial charge in [0.15, 0.2) is 0 Å². The molecule has 6 heteroatoms. The van der Waals surface area contributed by atoms with Crippen molar-refractivity contribution in [2.24, 2.45) is 0 Å². The summed E-state index contributed by atoms with van der Waals surface area (Å²) in [6, 6.07) is 5.84. The summed E-state index contributed by atoms with van der Waals surface area (Å²) >= 11 is 3.39. The predicted octanol–water partition coefficient (Wildman–Crippen LogP) is 3.06. The number of anilines is 1. The number of carboxylic acids is 1. The largest absolute Gasteiger partial charge is 0.475 e. The standard InChI is InChI=1S/C12H11BrN2O3/c1-7-4-8(13)2-3-9(7)14-6-11-15-5-10(18-11)12(16)17/h2-5,14H,6H2,1H3,(H,16,17). The number of nitrogens with one attached hydrogen (secondary N) is 1. The maximum atomic E-state index is 10.6. The van der Waals surface area contributed by atoms with Crippen LogP contribution in [-0.2, 0) is 6.54 Å². The van der Waals surface area contributed by atoms with E-state index in [1.54, 1.807) is 0 Å². The number of hydrogen-bond acceptors (Lipinski definition) is 4. The summed E-state index contributed by atoms with van der Waals surface area (Å²) < 4.78 is 6.06. The Morgan fingerprint density at radius 1 is 1.56 bits per heavy atom. The highest BCUT2D eigenvalue weighted by molar-refractivity contribution is 9.10. The second-order valence-electron chi connectivity index (χ2n) is 3.74. The van der Waals surface area contributed by atoms with E-state index in [0.29, 0.717) is 12.4 Å². The SMILES string of the molecule is Cc1cc(Br)ccc1NCc1ncc(C(=O)O)o1. The smallest absolute Gasteiger partial charge is 0.373 e. The number of rotatable bonds is 4. The molecule has 0 aliphatic rings. The Bertz CT molecular complexity index is 580. The Labute approximate surface area is 112 Å². The van der Waals surface area contributed by atoms with E-state index in [1.807, 2.05) is 25.1 Å². The summed E-state index contributed by atoms with van der Waals surface area (Å²) in [5.74, 6) is -0.928. The quantitative estimate of drug-likeness (QED) is 0.907. The van der Waals surface area contributed by atoms with Crippen LogP contribution in [0, 0.1) is 6.92 Å². The summed E-state index contributed by atoms with van der Waals surface area (Å²) in [7, 11) is 0. The molecule has 0 spiro atoms. The van der Waals surface area contributed by atoms with Crippen molar-refractivity contribution >= 4 is 27.6 Å². The molecule has 0 bridgehead atoms. The van der Waals surface area contributed by atoms with Gasteiger partial charge in [0, 0.05) is 10.2 Å². The first-order valence-electron chi connectivity index (χ1n) is 5.24. The molecule has 1 heterocycles. The van der Waals surface area contributed by atoms with Crippen molar-refractivity contribution < 1.29 is 14.3 Å². The molecule has 2 rings (SSSR count). The Morgan fingerprint density at radius 3 is 2.94 bits per heavy atom. The topological polar surface area (TPSA) is 75.4 Å². The molecule has 2 N–H and O–H groups in total. The summed E-state index contributed by atoms with van der Waals surface area (Å²) in [5, 5.41) is 11.8. The van der Waals surface area contributed by atoms with Crippen LogP contribution in [0.3, 0.4) is 0 Å². The molecule has 0 aliphatic carbocycles. The zero-order valence-corrected chi connectivity index (χ0v) is 11.2. The number of aromatic carboxylic acids is 1. The van der Waals surface area contributed by atoms with E-state index in [4.69, 9.17) is 9.52 Å². The van der Waals surface area contributed by atoms with Gasteiger partial charge in [0.1, 0.15) is 0 Å². The molecule has 94 valence electrons. The van der Waals surface area contributed by atoms with Gasteiger partial charge in [-0.05, 0) is 30.7 Å². The lowest BCUT2D eigenvalue weighted by molar-refractivity contribution is 0.0660. The molecular formula is C12H11BrN2O3. The van der Waals surface area contributed by atoms with E-state index in [9.17, 15) is 4.79 Å². The summed E-state index contributed by atoms with van der Waals surface area (Å²) in [5.41, 5.74) is 2.03. The van der Waals surface area contributed by atoms with Crippen LogP contribution in [0.5, 0.6) is 0 Å². The van der Waals surface area contributed by atoms with Crippen molar-refractivity contribution in [3.8, 4) is 0 Å². The Balaban J connectivity index is 2.04. The van der Waals surface area contributed by atoms with Crippen molar-refractivity contribution in [3.05, 3.63) is 46.1 Å². The van der Waals surface area contributed by atoms with Gasteiger partial charge in [-0.3, -0.25) is 0 Å². The Kier molecular flexibility index (Phi) is 3.66. The Hall–Kier alpha value is -1.82. The normalized spacial score (nSPS) is 10.3. The predicted molar refractivity (Wildman–Crippen MR) is 69.7 cm³/mol. The highest BCUT2D eigenvalue weighted by atomic mass is 79.9. The van der Waals surface area contributed by atoms with Crippen LogP contribution in [0.1, 0.15) is 22.0 Å². The van der Waals surface area contributed by atoms with Gasteiger partial charge in [-0.2, -0.15) is 0 Å². The molecule has 0 saturated heterocycles. The van der Waals surface area contributed by atoms with Gasteiger partial charge >= 0.3 is 5.97 Å². The van der Waals surface area contributed by atoms with Crippen molar-refractivity contribution in [2.45, 2.75) is 13.5 Å². The van der Waals surface area contributed by atoms with Crippen LogP contribution >= 0.6 is 15.9 Å². The first-order chi connectivity index (χ1) is 8.56. The molecule has 5 nitrogen and oxygen atoms in total. The minimum atomic E-state index is -1.12. The fourth-order valence-electron chi connectivity index (χ4n) is 1.49. The van der Waals surface area contributed by atoms with Crippen LogP contribution in [0.25, 0.3) is 0 Å². The number of nitrogens with zero attached hydrogens (tertiary/aromatic N) is 1. The zero-order valence-electron chi connectivity index (χ0n) is 9.61. The summed E-state index contributed by atoms with van der Waals surface area (Å²) in [6.07, 6.45) is 1.20. The van der Waals surface area contributed by atoms with Gasteiger partial charge in [0.2, 0.25) is 11.7 Å². The first kappa shape index (κ1) is 12.6. The molecule has 1 aromatic carbocycles. The molecule has 0 atom stereocenters. The van der Waals surface area contributed by atoms with Gasteiger partial charge in [-0.15, -0.1) is 0 Å². The fourth-order valence-corrected chi connectivity index (χ4v) is 1.96. The minimum absolute atomic E-state index is 0.153. The molecule has 0 radical (unpaired) electrons. The third-order valence-electron chi connectivity index (χ3n) is 2.38. The van der Waals surface area contributed by atoms with Crippen LogP contribution in [0.4, 0.5) is 5.69 Å². The number of hydrogen-bond donors (Lipinski definition) is 2. The monoisotopic (exact) mass is 310 g/mol. The van der Waals surface area contributed by atoms with E-state index >= 15 is 0 Å². The minimum Gasteiger partial charge on any atom is -0.475 e. The number of aromatic nitrogens is 1. The summed E-state index contributed by atoms with van der Waals surface area (Å²) in [6.45, 7) is 2.32. The number of carboxylic acid groups (broad SMARTS) is 1. The van der Waals surface area contributed by atoms with Gasteiger partial charge in [-0.1, -0.05) is 15.9 Å². The maximum absolute atomic E-state index is 10.6. The molecule has 0 saturated carbocycles. The highest BCUT2D eigenvalue weighted by Crippen LogP contribution is 2.20. The first-order valence-corrected chi connectivity index (χ1v) is 6.03. The second kappa shape index (κ2) is 5.22. The van der Waals surface area contributed by atoms with Crippen molar-refractivity contribution in [2.75, 3.05) is 5.32 Å². The summed E-state index contributed by atoms with van der Waals surface area (Å²) in [4.78, 5) is 14.5. The molecule has 1 aromatic heterocycles. The van der Waals surface area contributed by atoms with Crippen LogP contribution in [-0.4, -0.2) is 16.1 Å². The van der Waals surface area contributed by atoms with Crippen LogP contribution < -0.4 is 5.32 Å². The third kappa shape index (κ3) is 2.89. The lowest BCUT2D eigenvalue weighted by atomic mass is 10.2. The number of carbonyl (C=O) groups is 1. The Morgan fingerprint density at radius 2 is 2.33 bits per heavy atom. The average Bonchev–Trinajstić information content (AvgIpc) is 2.76. The average molecular weight is 311 g/mol. The molecule has 0 unspecified atom stereocenters. The van der Waals surface area contributed by atoms with E-state index in [2.05, 4.69) is 26.2 Å². The fraction of sp³-hybridized carbons (Fsp3) is 0.167. The molecule has 18 heavy (non-hydrogen) atoms. The van der Waals surface area contributed by atoms with Crippen LogP contribution in [0.2, 0.25) is 0 Å². The molecule has 0 aliphatic heterocycles. The van der Waals surface area contributed by atoms with E-state index in [0.717, 1.165) is 15.7 Å². The van der Waals surface area contributed by atoms with Gasteiger partial charge in [0.25, 0.3) is 0 Å². The number of benzene rings is 1. The van der Waals surface area contributed by atoms with Crippen molar-refractivity contribution in [3.63, 3.8) is 0 Å². The second-order valence-corrected chi connectivity index (χ2v) is 4.65. The highest BCUT2D eigenvalue weighted by Gasteiger charge is 2.10. The number of aryl methyl sites for hydroxylation is 1. The zero-order chi connectivity index (χ0) is 13.1.